The summed E-state index contributed by atoms with van der Waals surface area (Å²) in [6.45, 7) is 0. The highest BCUT2D eigenvalue weighted by molar-refractivity contribution is 5.72. The average molecular weight is 501 g/mol. The van der Waals surface area contributed by atoms with E-state index in [1.165, 1.54) is 0 Å². The molecule has 37 heavy (non-hydrogen) atoms. The third kappa shape index (κ3) is 5.28. The Morgan fingerprint density at radius 3 is 1.30 bits per heavy atom. The van der Waals surface area contributed by atoms with Gasteiger partial charge in [-0.15, -0.1) is 0 Å². The zero-order valence-electron chi connectivity index (χ0n) is 22.0. The molecule has 0 aliphatic carbocycles. The van der Waals surface area contributed by atoms with Gasteiger partial charge < -0.3 is 28.4 Å². The lowest BCUT2D eigenvalue weighted by atomic mass is 9.83. The predicted molar refractivity (Wildman–Crippen MR) is 145 cm³/mol. The maximum Gasteiger partial charge on any atom is 0.130 e. The lowest BCUT2D eigenvalue weighted by molar-refractivity contribution is 0.386. The standard InChI is InChI=1S/C31H32O6/c1-32-22-11-14-25(28(17-22)35-4)20-7-9-21(10-8-20)31(26-15-12-23(33-2)18-29(26)36-5)27-16-13-24(34-3)19-30(27)37-6/h7-19,31H,1-6H3. The van der Waals surface area contributed by atoms with Crippen molar-refractivity contribution in [1.29, 1.82) is 0 Å². The number of hydrogen-bond acceptors (Lipinski definition) is 6. The molecule has 0 unspecified atom stereocenters. The Kier molecular flexibility index (Phi) is 8.08. The van der Waals surface area contributed by atoms with Gasteiger partial charge in [0.05, 0.1) is 42.7 Å². The van der Waals surface area contributed by atoms with E-state index in [1.807, 2.05) is 54.6 Å². The van der Waals surface area contributed by atoms with Crippen molar-refractivity contribution in [2.24, 2.45) is 0 Å². The van der Waals surface area contributed by atoms with Gasteiger partial charge in [0, 0.05) is 40.8 Å². The molecule has 192 valence electrons. The van der Waals surface area contributed by atoms with Gasteiger partial charge in [-0.2, -0.15) is 0 Å². The Balaban J connectivity index is 1.86. The fourth-order valence-electron chi connectivity index (χ4n) is 4.53. The van der Waals surface area contributed by atoms with Crippen molar-refractivity contribution in [3.63, 3.8) is 0 Å². The Labute approximate surface area is 218 Å². The van der Waals surface area contributed by atoms with Gasteiger partial charge in [-0.05, 0) is 35.4 Å². The summed E-state index contributed by atoms with van der Waals surface area (Å²) in [5.41, 5.74) is 5.06. The van der Waals surface area contributed by atoms with Crippen LogP contribution in [0.25, 0.3) is 11.1 Å². The predicted octanol–water partition coefficient (Wildman–Crippen LogP) is 6.59. The minimum atomic E-state index is -0.173. The SMILES string of the molecule is COc1ccc(-c2ccc(C(c3ccc(OC)cc3OC)c3ccc(OC)cc3OC)cc2)c(OC)c1. The van der Waals surface area contributed by atoms with Gasteiger partial charge in [0.25, 0.3) is 0 Å². The topological polar surface area (TPSA) is 55.4 Å². The van der Waals surface area contributed by atoms with E-state index >= 15 is 0 Å². The number of rotatable bonds is 10. The van der Waals surface area contributed by atoms with Gasteiger partial charge in [0.2, 0.25) is 0 Å². The molecular weight excluding hydrogens is 468 g/mol. The van der Waals surface area contributed by atoms with E-state index in [0.29, 0.717) is 0 Å². The van der Waals surface area contributed by atoms with Crippen molar-refractivity contribution in [3.8, 4) is 45.6 Å². The first-order chi connectivity index (χ1) is 18.1. The van der Waals surface area contributed by atoms with E-state index in [4.69, 9.17) is 28.4 Å². The third-order valence-corrected chi connectivity index (χ3v) is 6.47. The van der Waals surface area contributed by atoms with Crippen LogP contribution in [0.4, 0.5) is 0 Å². The van der Waals surface area contributed by atoms with Gasteiger partial charge in [0.15, 0.2) is 0 Å². The summed E-state index contributed by atoms with van der Waals surface area (Å²) in [4.78, 5) is 0. The Morgan fingerprint density at radius 1 is 0.432 bits per heavy atom. The molecule has 0 atom stereocenters. The molecule has 0 radical (unpaired) electrons. The molecule has 0 spiro atoms. The highest BCUT2D eigenvalue weighted by Crippen LogP contribution is 2.44. The summed E-state index contributed by atoms with van der Waals surface area (Å²) in [6, 6.07) is 26.0. The molecule has 0 amide bonds. The van der Waals surface area contributed by atoms with Crippen LogP contribution < -0.4 is 28.4 Å². The number of benzene rings is 4. The highest BCUT2D eigenvalue weighted by atomic mass is 16.5. The first-order valence-corrected chi connectivity index (χ1v) is 11.8. The lowest BCUT2D eigenvalue weighted by Crippen LogP contribution is -2.08. The van der Waals surface area contributed by atoms with E-state index in [-0.39, 0.29) is 5.92 Å². The van der Waals surface area contributed by atoms with Crippen molar-refractivity contribution in [2.45, 2.75) is 5.92 Å². The van der Waals surface area contributed by atoms with Gasteiger partial charge in [-0.1, -0.05) is 36.4 Å². The summed E-state index contributed by atoms with van der Waals surface area (Å²) < 4.78 is 33.5. The maximum atomic E-state index is 5.80. The minimum absolute atomic E-state index is 0.173. The Morgan fingerprint density at radius 2 is 0.865 bits per heavy atom. The normalized spacial score (nSPS) is 10.7. The van der Waals surface area contributed by atoms with E-state index in [2.05, 4.69) is 24.3 Å². The Hall–Kier alpha value is -4.32. The minimum Gasteiger partial charge on any atom is -0.497 e. The van der Waals surface area contributed by atoms with Crippen LogP contribution in [0.2, 0.25) is 0 Å². The molecule has 6 heteroatoms. The fraction of sp³-hybridized carbons (Fsp3) is 0.226. The van der Waals surface area contributed by atoms with Crippen LogP contribution in [0, 0.1) is 0 Å². The molecule has 0 heterocycles. The summed E-state index contributed by atoms with van der Waals surface area (Å²) >= 11 is 0. The number of ether oxygens (including phenoxy) is 6. The molecule has 6 nitrogen and oxygen atoms in total. The van der Waals surface area contributed by atoms with E-state index < -0.39 is 0 Å². The average Bonchev–Trinajstić information content (AvgIpc) is 2.97. The fourth-order valence-corrected chi connectivity index (χ4v) is 4.53. The van der Waals surface area contributed by atoms with Crippen molar-refractivity contribution < 1.29 is 28.4 Å². The van der Waals surface area contributed by atoms with E-state index in [9.17, 15) is 0 Å². The van der Waals surface area contributed by atoms with Crippen LogP contribution in [0.1, 0.15) is 22.6 Å². The van der Waals surface area contributed by atoms with Gasteiger partial charge >= 0.3 is 0 Å². The van der Waals surface area contributed by atoms with Crippen molar-refractivity contribution >= 4 is 0 Å². The van der Waals surface area contributed by atoms with Crippen LogP contribution in [0.15, 0.2) is 78.9 Å². The number of methoxy groups -OCH3 is 6. The second-order valence-corrected chi connectivity index (χ2v) is 8.34. The third-order valence-electron chi connectivity index (χ3n) is 6.47. The zero-order valence-corrected chi connectivity index (χ0v) is 22.0. The van der Waals surface area contributed by atoms with Crippen LogP contribution in [-0.2, 0) is 0 Å². The second kappa shape index (κ2) is 11.6. The van der Waals surface area contributed by atoms with Crippen LogP contribution in [0.3, 0.4) is 0 Å². The highest BCUT2D eigenvalue weighted by Gasteiger charge is 2.25. The smallest absolute Gasteiger partial charge is 0.130 e. The van der Waals surface area contributed by atoms with Crippen LogP contribution in [-0.4, -0.2) is 42.7 Å². The van der Waals surface area contributed by atoms with Crippen LogP contribution in [0.5, 0.6) is 34.5 Å². The largest absolute Gasteiger partial charge is 0.497 e. The molecule has 0 aromatic heterocycles. The molecule has 4 aromatic carbocycles. The quantitative estimate of drug-likeness (QED) is 0.229. The summed E-state index contributed by atoms with van der Waals surface area (Å²) in [6.07, 6.45) is 0. The molecular formula is C31H32O6. The summed E-state index contributed by atoms with van der Waals surface area (Å²) in [5, 5.41) is 0. The Bertz CT molecular complexity index is 1290. The molecule has 0 aliphatic heterocycles. The van der Waals surface area contributed by atoms with E-state index in [0.717, 1.165) is 62.3 Å². The van der Waals surface area contributed by atoms with Crippen molar-refractivity contribution in [1.82, 2.24) is 0 Å². The van der Waals surface area contributed by atoms with Crippen LogP contribution >= 0.6 is 0 Å². The second-order valence-electron chi connectivity index (χ2n) is 8.34. The molecule has 0 N–H and O–H groups in total. The molecule has 0 saturated carbocycles. The van der Waals surface area contributed by atoms with Gasteiger partial charge in [-0.3, -0.25) is 0 Å². The summed E-state index contributed by atoms with van der Waals surface area (Å²) in [7, 11) is 9.92. The first kappa shape index (κ1) is 25.8. The molecule has 0 fully saturated rings. The zero-order chi connectivity index (χ0) is 26.4. The van der Waals surface area contributed by atoms with Crippen molar-refractivity contribution in [3.05, 3.63) is 95.6 Å². The molecule has 4 rings (SSSR count). The van der Waals surface area contributed by atoms with Crippen molar-refractivity contribution in [2.75, 3.05) is 42.7 Å². The summed E-state index contributed by atoms with van der Waals surface area (Å²) in [5.74, 6) is 4.22. The van der Waals surface area contributed by atoms with E-state index in [1.54, 1.807) is 42.7 Å². The lowest BCUT2D eigenvalue weighted by Gasteiger charge is -2.24. The van der Waals surface area contributed by atoms with Gasteiger partial charge in [0.1, 0.15) is 34.5 Å². The molecule has 0 bridgehead atoms. The monoisotopic (exact) mass is 500 g/mol. The van der Waals surface area contributed by atoms with Gasteiger partial charge in [-0.25, -0.2) is 0 Å². The number of hydrogen-bond donors (Lipinski definition) is 0. The maximum absolute atomic E-state index is 5.80. The first-order valence-electron chi connectivity index (χ1n) is 11.8. The molecule has 0 saturated heterocycles. The molecule has 4 aromatic rings. The molecule has 0 aliphatic rings.